The number of nitriles is 1. The molecule has 7 heteroatoms. The summed E-state index contributed by atoms with van der Waals surface area (Å²) < 4.78 is 6.09. The quantitative estimate of drug-likeness (QED) is 0.424. The molecule has 31 heavy (non-hydrogen) atoms. The largest absolute Gasteiger partial charge is 0.478 e. The van der Waals surface area contributed by atoms with E-state index in [1.165, 1.54) is 12.1 Å². The number of halogens is 1. The van der Waals surface area contributed by atoms with Crippen LogP contribution < -0.4 is 5.73 Å². The number of rotatable bonds is 4. The first-order valence-electron chi connectivity index (χ1n) is 9.29. The molecule has 0 saturated heterocycles. The number of carboxylic acid groups (broad SMARTS) is 1. The van der Waals surface area contributed by atoms with Crippen LogP contribution >= 0.6 is 11.6 Å². The number of carboxylic acids is 1. The minimum absolute atomic E-state index is 0.00728. The molecule has 2 aromatic heterocycles. The second-order valence-corrected chi connectivity index (χ2v) is 7.26. The maximum absolute atomic E-state index is 11.2. The van der Waals surface area contributed by atoms with E-state index in [4.69, 9.17) is 21.8 Å². The molecule has 4 aromatic rings. The van der Waals surface area contributed by atoms with Gasteiger partial charge in [-0.1, -0.05) is 48.0 Å². The monoisotopic (exact) mass is 429 g/mol. The number of hydrogen-bond acceptors (Lipinski definition) is 5. The van der Waals surface area contributed by atoms with Crippen LogP contribution in [0.1, 0.15) is 21.6 Å². The number of furan rings is 1. The van der Waals surface area contributed by atoms with Crippen molar-refractivity contribution in [2.75, 3.05) is 5.73 Å². The molecule has 152 valence electrons. The minimum atomic E-state index is -1.11. The van der Waals surface area contributed by atoms with Crippen LogP contribution in [0.15, 0.2) is 65.1 Å². The van der Waals surface area contributed by atoms with E-state index in [9.17, 15) is 15.2 Å². The van der Waals surface area contributed by atoms with E-state index >= 15 is 0 Å². The lowest BCUT2D eigenvalue weighted by Gasteiger charge is -2.14. The molecule has 6 nitrogen and oxygen atoms in total. The highest BCUT2D eigenvalue weighted by Crippen LogP contribution is 2.40. The van der Waals surface area contributed by atoms with Gasteiger partial charge in [0.2, 0.25) is 0 Å². The SMILES string of the molecule is Cc1nc(N)c(C#N)c(-c2ccc(-c3ccc(C(=O)O)c(Cl)c3)o2)c1-c1ccccc1. The van der Waals surface area contributed by atoms with E-state index in [0.29, 0.717) is 28.3 Å². The van der Waals surface area contributed by atoms with Crippen LogP contribution in [0.4, 0.5) is 5.82 Å². The summed E-state index contributed by atoms with van der Waals surface area (Å²) in [6.07, 6.45) is 0. The van der Waals surface area contributed by atoms with Crippen molar-refractivity contribution in [3.8, 4) is 39.8 Å². The van der Waals surface area contributed by atoms with Gasteiger partial charge in [0.15, 0.2) is 0 Å². The summed E-state index contributed by atoms with van der Waals surface area (Å²) in [5.74, 6) is -0.0575. The maximum Gasteiger partial charge on any atom is 0.337 e. The fraction of sp³-hybridized carbons (Fsp3) is 0.0417. The summed E-state index contributed by atoms with van der Waals surface area (Å²) in [4.78, 5) is 15.6. The minimum Gasteiger partial charge on any atom is -0.478 e. The van der Waals surface area contributed by atoms with Crippen molar-refractivity contribution in [2.24, 2.45) is 0 Å². The third-order valence-corrected chi connectivity index (χ3v) is 5.23. The van der Waals surface area contributed by atoms with Crippen LogP contribution in [0, 0.1) is 18.3 Å². The van der Waals surface area contributed by atoms with Gasteiger partial charge in [0, 0.05) is 22.4 Å². The highest BCUT2D eigenvalue weighted by atomic mass is 35.5. The number of nitrogens with zero attached hydrogens (tertiary/aromatic N) is 2. The lowest BCUT2D eigenvalue weighted by Crippen LogP contribution is -2.02. The number of nitrogens with two attached hydrogens (primary N) is 1. The van der Waals surface area contributed by atoms with Crippen LogP contribution in [0.25, 0.3) is 33.8 Å². The molecule has 0 atom stereocenters. The summed E-state index contributed by atoms with van der Waals surface area (Å²) >= 11 is 6.10. The van der Waals surface area contributed by atoms with Gasteiger partial charge in [0.1, 0.15) is 29.0 Å². The molecule has 0 aliphatic carbocycles. The van der Waals surface area contributed by atoms with Gasteiger partial charge in [-0.3, -0.25) is 0 Å². The Labute approximate surface area is 183 Å². The normalized spacial score (nSPS) is 10.6. The third-order valence-electron chi connectivity index (χ3n) is 4.92. The predicted octanol–water partition coefficient (Wildman–Crippen LogP) is 5.79. The van der Waals surface area contributed by atoms with Gasteiger partial charge in [0.25, 0.3) is 0 Å². The number of carbonyl (C=O) groups is 1. The van der Waals surface area contributed by atoms with Crippen molar-refractivity contribution in [2.45, 2.75) is 6.92 Å². The van der Waals surface area contributed by atoms with E-state index in [-0.39, 0.29) is 22.0 Å². The Morgan fingerprint density at radius 2 is 1.77 bits per heavy atom. The average molecular weight is 430 g/mol. The number of aryl methyl sites for hydroxylation is 1. The van der Waals surface area contributed by atoms with Gasteiger partial charge in [0.05, 0.1) is 10.6 Å². The summed E-state index contributed by atoms with van der Waals surface area (Å²) in [5, 5.41) is 19.1. The molecular formula is C24H16ClN3O3. The Bertz CT molecular complexity index is 1350. The summed E-state index contributed by atoms with van der Waals surface area (Å²) in [6.45, 7) is 1.83. The van der Waals surface area contributed by atoms with Crippen molar-refractivity contribution in [3.63, 3.8) is 0 Å². The molecule has 0 bridgehead atoms. The second-order valence-electron chi connectivity index (χ2n) is 6.85. The number of pyridine rings is 1. The zero-order chi connectivity index (χ0) is 22.1. The first kappa shape index (κ1) is 20.2. The highest BCUT2D eigenvalue weighted by Gasteiger charge is 2.22. The van der Waals surface area contributed by atoms with E-state index in [0.717, 1.165) is 11.1 Å². The molecule has 0 unspecified atom stereocenters. The lowest BCUT2D eigenvalue weighted by molar-refractivity contribution is 0.0697. The van der Waals surface area contributed by atoms with Crippen LogP contribution in [0.2, 0.25) is 5.02 Å². The molecule has 3 N–H and O–H groups in total. The Morgan fingerprint density at radius 3 is 2.42 bits per heavy atom. The summed E-state index contributed by atoms with van der Waals surface area (Å²) in [6, 6.07) is 19.8. The van der Waals surface area contributed by atoms with E-state index in [2.05, 4.69) is 11.1 Å². The van der Waals surface area contributed by atoms with Crippen molar-refractivity contribution in [1.82, 2.24) is 4.98 Å². The Hall–Kier alpha value is -4.08. The van der Waals surface area contributed by atoms with Crippen molar-refractivity contribution >= 4 is 23.4 Å². The van der Waals surface area contributed by atoms with Gasteiger partial charge in [-0.05, 0) is 36.8 Å². The number of nitrogen functional groups attached to an aromatic ring is 1. The van der Waals surface area contributed by atoms with Crippen LogP contribution in [-0.4, -0.2) is 16.1 Å². The zero-order valence-corrected chi connectivity index (χ0v) is 17.1. The molecule has 0 aliphatic rings. The molecule has 0 amide bonds. The van der Waals surface area contributed by atoms with Crippen molar-refractivity contribution in [3.05, 3.63) is 82.5 Å². The van der Waals surface area contributed by atoms with Gasteiger partial charge in [-0.25, -0.2) is 9.78 Å². The first-order chi connectivity index (χ1) is 14.9. The summed E-state index contributed by atoms with van der Waals surface area (Å²) in [5.41, 5.74) is 9.76. The van der Waals surface area contributed by atoms with Gasteiger partial charge < -0.3 is 15.3 Å². The van der Waals surface area contributed by atoms with E-state index in [1.807, 2.05) is 37.3 Å². The van der Waals surface area contributed by atoms with E-state index in [1.54, 1.807) is 18.2 Å². The van der Waals surface area contributed by atoms with Crippen molar-refractivity contribution < 1.29 is 14.3 Å². The van der Waals surface area contributed by atoms with Crippen LogP contribution in [-0.2, 0) is 0 Å². The van der Waals surface area contributed by atoms with Crippen LogP contribution in [0.3, 0.4) is 0 Å². The fourth-order valence-electron chi connectivity index (χ4n) is 3.51. The third kappa shape index (κ3) is 3.63. The standard InChI is InChI=1S/C24H16ClN3O3/c1-13-21(14-5-3-2-4-6-14)22(17(12-26)23(27)28-13)20-10-9-19(31-20)15-7-8-16(24(29)30)18(25)11-15/h2-11H,1H3,(H2,27,28)(H,29,30). The number of anilines is 1. The van der Waals surface area contributed by atoms with Gasteiger partial charge >= 0.3 is 5.97 Å². The lowest BCUT2D eigenvalue weighted by atomic mass is 9.93. The second kappa shape index (κ2) is 7.98. The smallest absolute Gasteiger partial charge is 0.337 e. The van der Waals surface area contributed by atoms with Gasteiger partial charge in [-0.2, -0.15) is 5.26 Å². The molecule has 2 heterocycles. The molecule has 0 aliphatic heterocycles. The maximum atomic E-state index is 11.2. The molecule has 0 fully saturated rings. The number of aromatic nitrogens is 1. The molecule has 4 rings (SSSR count). The van der Waals surface area contributed by atoms with Gasteiger partial charge in [-0.15, -0.1) is 0 Å². The molecule has 0 spiro atoms. The Balaban J connectivity index is 1.91. The Morgan fingerprint density at radius 1 is 1.06 bits per heavy atom. The highest BCUT2D eigenvalue weighted by molar-refractivity contribution is 6.33. The Kier molecular flexibility index (Phi) is 5.20. The summed E-state index contributed by atoms with van der Waals surface area (Å²) in [7, 11) is 0. The number of benzene rings is 2. The zero-order valence-electron chi connectivity index (χ0n) is 16.4. The predicted molar refractivity (Wildman–Crippen MR) is 119 cm³/mol. The number of hydrogen-bond donors (Lipinski definition) is 2. The topological polar surface area (TPSA) is 113 Å². The van der Waals surface area contributed by atoms with Crippen molar-refractivity contribution in [1.29, 1.82) is 5.26 Å². The number of aromatic carboxylic acids is 1. The molecule has 0 saturated carbocycles. The molecule has 0 radical (unpaired) electrons. The average Bonchev–Trinajstić information content (AvgIpc) is 3.23. The molecular weight excluding hydrogens is 414 g/mol. The van der Waals surface area contributed by atoms with E-state index < -0.39 is 5.97 Å². The first-order valence-corrected chi connectivity index (χ1v) is 9.67. The van der Waals surface area contributed by atoms with Crippen LogP contribution in [0.5, 0.6) is 0 Å². The fourth-order valence-corrected chi connectivity index (χ4v) is 3.77. The molecule has 2 aromatic carbocycles.